The minimum absolute atomic E-state index is 0.0236. The van der Waals surface area contributed by atoms with Crippen LogP contribution in [0, 0.1) is 0 Å². The van der Waals surface area contributed by atoms with Gasteiger partial charge in [-0.2, -0.15) is 0 Å². The average Bonchev–Trinajstić information content (AvgIpc) is 2.67. The standard InChI is InChI=1S/C19H30N4O3/c1-3-10-20-18(24)9-11-21-19(25)23-14-12-22(13-15-23)16-7-5-6-8-17(16)26-4-2/h5-8H,3-4,9-15H2,1-2H3,(H,20,24)(H,21,25). The molecule has 0 unspecified atom stereocenters. The van der Waals surface area contributed by atoms with Crippen molar-refractivity contribution in [2.45, 2.75) is 26.7 Å². The Hall–Kier alpha value is -2.44. The Morgan fingerprint density at radius 2 is 1.77 bits per heavy atom. The fourth-order valence-electron chi connectivity index (χ4n) is 2.89. The van der Waals surface area contributed by atoms with Crippen molar-refractivity contribution in [2.24, 2.45) is 0 Å². The molecule has 1 aromatic rings. The Morgan fingerprint density at radius 1 is 1.04 bits per heavy atom. The number of amides is 3. The second-order valence-corrected chi connectivity index (χ2v) is 6.21. The molecule has 144 valence electrons. The van der Waals surface area contributed by atoms with Crippen LogP contribution in [-0.2, 0) is 4.79 Å². The minimum Gasteiger partial charge on any atom is -0.492 e. The van der Waals surface area contributed by atoms with Gasteiger partial charge in [0.15, 0.2) is 0 Å². The van der Waals surface area contributed by atoms with Gasteiger partial charge < -0.3 is 25.2 Å². The fourth-order valence-corrected chi connectivity index (χ4v) is 2.89. The number of nitrogens with one attached hydrogen (secondary N) is 2. The second-order valence-electron chi connectivity index (χ2n) is 6.21. The molecule has 7 heteroatoms. The van der Waals surface area contributed by atoms with Crippen LogP contribution in [0.5, 0.6) is 5.75 Å². The van der Waals surface area contributed by atoms with Crippen molar-refractivity contribution in [1.29, 1.82) is 0 Å². The minimum atomic E-state index is -0.106. The molecule has 1 aromatic carbocycles. The highest BCUT2D eigenvalue weighted by Crippen LogP contribution is 2.28. The first-order chi connectivity index (χ1) is 12.7. The van der Waals surface area contributed by atoms with Crippen molar-refractivity contribution in [2.75, 3.05) is 50.8 Å². The number of hydrogen-bond donors (Lipinski definition) is 2. The highest BCUT2D eigenvalue weighted by Gasteiger charge is 2.22. The maximum atomic E-state index is 12.2. The number of urea groups is 1. The number of para-hydroxylation sites is 2. The zero-order chi connectivity index (χ0) is 18.8. The first kappa shape index (κ1) is 19.9. The van der Waals surface area contributed by atoms with Gasteiger partial charge in [-0.15, -0.1) is 0 Å². The maximum Gasteiger partial charge on any atom is 0.317 e. The largest absolute Gasteiger partial charge is 0.492 e. The molecule has 1 aliphatic rings. The van der Waals surface area contributed by atoms with Gasteiger partial charge in [0.25, 0.3) is 0 Å². The molecule has 1 saturated heterocycles. The van der Waals surface area contributed by atoms with Gasteiger partial charge in [0.2, 0.25) is 5.91 Å². The predicted octanol–water partition coefficient (Wildman–Crippen LogP) is 1.83. The SMILES string of the molecule is CCCNC(=O)CCNC(=O)N1CCN(c2ccccc2OCC)CC1. The van der Waals surface area contributed by atoms with Crippen molar-refractivity contribution >= 4 is 17.6 Å². The van der Waals surface area contributed by atoms with Crippen LogP contribution in [0.15, 0.2) is 24.3 Å². The van der Waals surface area contributed by atoms with E-state index >= 15 is 0 Å². The summed E-state index contributed by atoms with van der Waals surface area (Å²) >= 11 is 0. The average molecular weight is 362 g/mol. The molecular weight excluding hydrogens is 332 g/mol. The number of carbonyl (C=O) groups excluding carboxylic acids is 2. The summed E-state index contributed by atoms with van der Waals surface area (Å²) in [4.78, 5) is 27.8. The van der Waals surface area contributed by atoms with Crippen molar-refractivity contribution < 1.29 is 14.3 Å². The lowest BCUT2D eigenvalue weighted by atomic mass is 10.2. The number of rotatable bonds is 8. The van der Waals surface area contributed by atoms with Gasteiger partial charge in [-0.25, -0.2) is 4.79 Å². The van der Waals surface area contributed by atoms with Crippen LogP contribution in [0.2, 0.25) is 0 Å². The van der Waals surface area contributed by atoms with Crippen molar-refractivity contribution in [3.8, 4) is 5.75 Å². The fraction of sp³-hybridized carbons (Fsp3) is 0.579. The monoisotopic (exact) mass is 362 g/mol. The van der Waals surface area contributed by atoms with Crippen molar-refractivity contribution in [3.05, 3.63) is 24.3 Å². The summed E-state index contributed by atoms with van der Waals surface area (Å²) in [5, 5.41) is 5.63. The Bertz CT molecular complexity index is 586. The summed E-state index contributed by atoms with van der Waals surface area (Å²) in [6.45, 7) is 8.46. The molecule has 1 heterocycles. The number of piperazine rings is 1. The molecule has 2 rings (SSSR count). The number of benzene rings is 1. The van der Waals surface area contributed by atoms with Crippen LogP contribution in [0.3, 0.4) is 0 Å². The first-order valence-corrected chi connectivity index (χ1v) is 9.42. The third-order valence-electron chi connectivity index (χ3n) is 4.27. The van der Waals surface area contributed by atoms with E-state index in [1.165, 1.54) is 0 Å². The molecule has 2 N–H and O–H groups in total. The normalized spacial score (nSPS) is 14.1. The van der Waals surface area contributed by atoms with Crippen LogP contribution in [0.1, 0.15) is 26.7 Å². The number of hydrogen-bond acceptors (Lipinski definition) is 4. The van der Waals surface area contributed by atoms with E-state index in [1.54, 1.807) is 4.90 Å². The molecule has 3 amide bonds. The summed E-state index contributed by atoms with van der Waals surface area (Å²) < 4.78 is 5.70. The molecule has 7 nitrogen and oxygen atoms in total. The highest BCUT2D eigenvalue weighted by atomic mass is 16.5. The number of anilines is 1. The molecule has 1 fully saturated rings. The predicted molar refractivity (Wildman–Crippen MR) is 103 cm³/mol. The second kappa shape index (κ2) is 10.5. The van der Waals surface area contributed by atoms with E-state index in [4.69, 9.17) is 4.74 Å². The molecule has 26 heavy (non-hydrogen) atoms. The quantitative estimate of drug-likeness (QED) is 0.740. The number of carbonyl (C=O) groups is 2. The summed E-state index contributed by atoms with van der Waals surface area (Å²) in [5.41, 5.74) is 1.07. The molecule has 0 atom stereocenters. The third kappa shape index (κ3) is 5.82. The van der Waals surface area contributed by atoms with E-state index in [-0.39, 0.29) is 11.9 Å². The molecule has 0 bridgehead atoms. The van der Waals surface area contributed by atoms with Gasteiger partial charge in [-0.1, -0.05) is 19.1 Å². The van der Waals surface area contributed by atoms with E-state index in [1.807, 2.05) is 32.0 Å². The van der Waals surface area contributed by atoms with Gasteiger partial charge >= 0.3 is 6.03 Å². The lowest BCUT2D eigenvalue weighted by Crippen LogP contribution is -2.52. The van der Waals surface area contributed by atoms with E-state index in [9.17, 15) is 9.59 Å². The Kier molecular flexibility index (Phi) is 8.05. The van der Waals surface area contributed by atoms with Crippen LogP contribution >= 0.6 is 0 Å². The van der Waals surface area contributed by atoms with E-state index in [0.717, 1.165) is 30.9 Å². The number of nitrogens with zero attached hydrogens (tertiary/aromatic N) is 2. The molecule has 0 saturated carbocycles. The van der Waals surface area contributed by atoms with Crippen molar-refractivity contribution in [3.63, 3.8) is 0 Å². The number of ether oxygens (including phenoxy) is 1. The Morgan fingerprint density at radius 3 is 2.46 bits per heavy atom. The smallest absolute Gasteiger partial charge is 0.317 e. The summed E-state index contributed by atoms with van der Waals surface area (Å²) in [6, 6.07) is 7.89. The summed E-state index contributed by atoms with van der Waals surface area (Å²) in [5.74, 6) is 0.857. The van der Waals surface area contributed by atoms with Gasteiger partial charge in [-0.05, 0) is 25.5 Å². The zero-order valence-corrected chi connectivity index (χ0v) is 15.8. The van der Waals surface area contributed by atoms with Crippen LogP contribution in [0.25, 0.3) is 0 Å². The molecule has 0 aromatic heterocycles. The van der Waals surface area contributed by atoms with Gasteiger partial charge in [0.05, 0.1) is 12.3 Å². The van der Waals surface area contributed by atoms with Crippen LogP contribution in [-0.4, -0.2) is 62.7 Å². The van der Waals surface area contributed by atoms with Gasteiger partial charge in [0.1, 0.15) is 5.75 Å². The lowest BCUT2D eigenvalue weighted by Gasteiger charge is -2.36. The zero-order valence-electron chi connectivity index (χ0n) is 15.8. The van der Waals surface area contributed by atoms with Gasteiger partial charge in [-0.3, -0.25) is 4.79 Å². The summed E-state index contributed by atoms with van der Waals surface area (Å²) in [6.07, 6.45) is 1.22. The third-order valence-corrected chi connectivity index (χ3v) is 4.27. The van der Waals surface area contributed by atoms with E-state index in [0.29, 0.717) is 39.2 Å². The molecule has 0 spiro atoms. The van der Waals surface area contributed by atoms with Crippen LogP contribution in [0.4, 0.5) is 10.5 Å². The highest BCUT2D eigenvalue weighted by molar-refractivity contribution is 5.78. The van der Waals surface area contributed by atoms with Gasteiger partial charge in [0, 0.05) is 45.7 Å². The Labute approximate surface area is 155 Å². The Balaban J connectivity index is 1.76. The molecule has 1 aliphatic heterocycles. The molecular formula is C19H30N4O3. The maximum absolute atomic E-state index is 12.2. The lowest BCUT2D eigenvalue weighted by molar-refractivity contribution is -0.120. The van der Waals surface area contributed by atoms with Crippen molar-refractivity contribution in [1.82, 2.24) is 15.5 Å². The van der Waals surface area contributed by atoms with E-state index < -0.39 is 0 Å². The first-order valence-electron chi connectivity index (χ1n) is 9.42. The topological polar surface area (TPSA) is 73.9 Å². The molecule has 0 aliphatic carbocycles. The summed E-state index contributed by atoms with van der Waals surface area (Å²) in [7, 11) is 0. The van der Waals surface area contributed by atoms with Crippen LogP contribution < -0.4 is 20.3 Å². The molecule has 0 radical (unpaired) electrons. The van der Waals surface area contributed by atoms with E-state index in [2.05, 4.69) is 21.6 Å².